The third-order valence-electron chi connectivity index (χ3n) is 5.51. The number of rotatable bonds is 6. The summed E-state index contributed by atoms with van der Waals surface area (Å²) in [4.78, 5) is 31.2. The van der Waals surface area contributed by atoms with E-state index in [9.17, 15) is 14.7 Å². The maximum Gasteiger partial charge on any atom is 0.351 e. The van der Waals surface area contributed by atoms with Gasteiger partial charge in [-0.25, -0.2) is 4.79 Å². The summed E-state index contributed by atoms with van der Waals surface area (Å²) in [5.41, 5.74) is -0.130. The molecule has 10 heteroatoms. The molecule has 2 aliphatic rings. The van der Waals surface area contributed by atoms with Crippen molar-refractivity contribution in [1.29, 1.82) is 0 Å². The number of amides is 1. The topological polar surface area (TPSA) is 106 Å². The van der Waals surface area contributed by atoms with Gasteiger partial charge in [-0.05, 0) is 18.2 Å². The van der Waals surface area contributed by atoms with E-state index in [0.29, 0.717) is 12.1 Å². The summed E-state index contributed by atoms with van der Waals surface area (Å²) < 4.78 is 12.8. The number of methoxy groups -OCH3 is 1. The van der Waals surface area contributed by atoms with E-state index in [2.05, 4.69) is 15.2 Å². The molecule has 1 aromatic heterocycles. The van der Waals surface area contributed by atoms with Crippen LogP contribution in [0.4, 0.5) is 5.82 Å². The van der Waals surface area contributed by atoms with Gasteiger partial charge in [0.15, 0.2) is 6.23 Å². The Morgan fingerprint density at radius 1 is 1.29 bits per heavy atom. The van der Waals surface area contributed by atoms with E-state index >= 15 is 0 Å². The van der Waals surface area contributed by atoms with Gasteiger partial charge in [0.25, 0.3) is 5.91 Å². The number of carbonyl (C=O) groups is 1. The third kappa shape index (κ3) is 4.99. The molecule has 2 aliphatic heterocycles. The number of hydrogen-bond donors (Lipinski definition) is 2. The molecule has 0 bridgehead atoms. The van der Waals surface area contributed by atoms with Gasteiger partial charge < -0.3 is 19.9 Å². The molecule has 0 spiro atoms. The summed E-state index contributed by atoms with van der Waals surface area (Å²) in [7, 11) is 1.48. The first-order valence-corrected chi connectivity index (χ1v) is 11.3. The second-order valence-corrected chi connectivity index (χ2v) is 8.72. The number of hydrogen-bond acceptors (Lipinski definition) is 8. The molecule has 1 aromatic carbocycles. The monoisotopic (exact) mass is 446 g/mol. The normalized spacial score (nSPS) is 26.6. The molecule has 4 rings (SSSR count). The zero-order valence-electron chi connectivity index (χ0n) is 17.2. The Bertz CT molecular complexity index is 950. The molecule has 2 saturated heterocycles. The Labute approximate surface area is 184 Å². The summed E-state index contributed by atoms with van der Waals surface area (Å²) in [6.45, 7) is 2.46. The minimum absolute atomic E-state index is 0.144. The van der Waals surface area contributed by atoms with Crippen LogP contribution < -0.4 is 11.0 Å². The molecule has 0 radical (unpaired) electrons. The molecule has 1 amide bonds. The lowest BCUT2D eigenvalue weighted by Crippen LogP contribution is -2.43. The molecule has 2 aromatic rings. The van der Waals surface area contributed by atoms with Crippen molar-refractivity contribution in [3.63, 3.8) is 0 Å². The van der Waals surface area contributed by atoms with Crippen LogP contribution in [-0.2, 0) is 9.47 Å². The maximum absolute atomic E-state index is 12.7. The van der Waals surface area contributed by atoms with Crippen LogP contribution in [0.5, 0.6) is 0 Å². The van der Waals surface area contributed by atoms with Crippen LogP contribution in [0.2, 0.25) is 0 Å². The van der Waals surface area contributed by atoms with E-state index in [-0.39, 0.29) is 11.7 Å². The van der Waals surface area contributed by atoms with Gasteiger partial charge in [-0.15, -0.1) is 0 Å². The number of carbonyl (C=O) groups excluding carboxylic acids is 1. The first-order valence-electron chi connectivity index (χ1n) is 10.2. The average molecular weight is 447 g/mol. The van der Waals surface area contributed by atoms with E-state index in [1.165, 1.54) is 23.9 Å². The van der Waals surface area contributed by atoms with Gasteiger partial charge >= 0.3 is 5.69 Å². The Morgan fingerprint density at radius 3 is 2.71 bits per heavy atom. The van der Waals surface area contributed by atoms with E-state index in [0.717, 1.165) is 24.6 Å². The average Bonchev–Trinajstić information content (AvgIpc) is 3.10. The Hall–Kier alpha value is -2.24. The van der Waals surface area contributed by atoms with Crippen LogP contribution in [0.3, 0.4) is 0 Å². The standard InChI is InChI=1S/C21H26N4O5S/c1-29-18-17(26)15(13-24-9-11-31-12-10-24)30-20(18)25-8-7-16(23-21(25)28)22-19(27)14-5-3-2-4-6-14/h2-8,15,17-18,20,26H,9-13H2,1H3,(H,22,23,27,28)/t15-,17-,18-,20-/m1/s1. The van der Waals surface area contributed by atoms with Crippen molar-refractivity contribution < 1.29 is 19.4 Å². The molecule has 166 valence electrons. The highest BCUT2D eigenvalue weighted by molar-refractivity contribution is 7.99. The van der Waals surface area contributed by atoms with Gasteiger partial charge in [0, 0.05) is 50.0 Å². The molecule has 4 atom stereocenters. The molecule has 31 heavy (non-hydrogen) atoms. The highest BCUT2D eigenvalue weighted by Crippen LogP contribution is 2.31. The van der Waals surface area contributed by atoms with Crippen LogP contribution in [0, 0.1) is 0 Å². The third-order valence-corrected chi connectivity index (χ3v) is 6.45. The van der Waals surface area contributed by atoms with Gasteiger partial charge in [0.05, 0.1) is 0 Å². The summed E-state index contributed by atoms with van der Waals surface area (Å²) in [5.74, 6) is 1.90. The molecule has 0 unspecified atom stereocenters. The smallest absolute Gasteiger partial charge is 0.351 e. The molecule has 2 N–H and O–H groups in total. The lowest BCUT2D eigenvalue weighted by atomic mass is 10.1. The molecule has 9 nitrogen and oxygen atoms in total. The van der Waals surface area contributed by atoms with Crippen molar-refractivity contribution in [1.82, 2.24) is 14.5 Å². The number of aliphatic hydroxyl groups is 1. The zero-order valence-corrected chi connectivity index (χ0v) is 18.0. The van der Waals surface area contributed by atoms with Crippen molar-refractivity contribution in [2.24, 2.45) is 0 Å². The molecular formula is C21H26N4O5S. The number of aliphatic hydroxyl groups excluding tert-OH is 1. The minimum atomic E-state index is -0.867. The molecule has 3 heterocycles. The fraction of sp³-hybridized carbons (Fsp3) is 0.476. The van der Waals surface area contributed by atoms with Crippen LogP contribution in [0.15, 0.2) is 47.4 Å². The van der Waals surface area contributed by atoms with Crippen LogP contribution in [-0.4, -0.2) is 82.0 Å². The van der Waals surface area contributed by atoms with Crippen LogP contribution in [0.25, 0.3) is 0 Å². The fourth-order valence-corrected chi connectivity index (χ4v) is 4.82. The molecule has 2 fully saturated rings. The lowest BCUT2D eigenvalue weighted by Gasteiger charge is -2.29. The second-order valence-electron chi connectivity index (χ2n) is 7.49. The van der Waals surface area contributed by atoms with Gasteiger partial charge in [-0.3, -0.25) is 14.3 Å². The summed E-state index contributed by atoms with van der Waals surface area (Å²) in [5, 5.41) is 13.3. The second kappa shape index (κ2) is 9.92. The SMILES string of the molecule is CO[C@@H]1[C@H](O)[C@@H](CN2CCSCC2)O[C@H]1n1ccc(NC(=O)c2ccccc2)nc1=O. The van der Waals surface area contributed by atoms with Crippen molar-refractivity contribution in [3.8, 4) is 0 Å². The number of nitrogens with zero attached hydrogens (tertiary/aromatic N) is 3. The van der Waals surface area contributed by atoms with Gasteiger partial charge in [-0.1, -0.05) is 18.2 Å². The minimum Gasteiger partial charge on any atom is -0.387 e. The predicted octanol–water partition coefficient (Wildman–Crippen LogP) is 0.818. The van der Waals surface area contributed by atoms with Crippen LogP contribution in [0.1, 0.15) is 16.6 Å². The first-order chi connectivity index (χ1) is 15.1. The Morgan fingerprint density at radius 2 is 2.03 bits per heavy atom. The maximum atomic E-state index is 12.7. The summed E-state index contributed by atoms with van der Waals surface area (Å²) in [6, 6.07) is 10.2. The number of ether oxygens (including phenoxy) is 2. The summed E-state index contributed by atoms with van der Waals surface area (Å²) in [6.07, 6.45) is -1.34. The fourth-order valence-electron chi connectivity index (χ4n) is 3.84. The van der Waals surface area contributed by atoms with Crippen molar-refractivity contribution >= 4 is 23.5 Å². The number of nitrogens with one attached hydrogen (secondary N) is 1. The van der Waals surface area contributed by atoms with E-state index in [1.54, 1.807) is 24.3 Å². The van der Waals surface area contributed by atoms with Gasteiger partial charge in [0.2, 0.25) is 0 Å². The number of anilines is 1. The highest BCUT2D eigenvalue weighted by Gasteiger charge is 2.46. The molecular weight excluding hydrogens is 420 g/mol. The van der Waals surface area contributed by atoms with E-state index in [1.807, 2.05) is 17.8 Å². The van der Waals surface area contributed by atoms with E-state index in [4.69, 9.17) is 9.47 Å². The summed E-state index contributed by atoms with van der Waals surface area (Å²) >= 11 is 1.91. The number of aromatic nitrogens is 2. The van der Waals surface area contributed by atoms with Gasteiger partial charge in [0.1, 0.15) is 24.1 Å². The van der Waals surface area contributed by atoms with E-state index < -0.39 is 30.2 Å². The Kier molecular flexibility index (Phi) is 7.03. The zero-order chi connectivity index (χ0) is 21.8. The number of benzene rings is 1. The highest BCUT2D eigenvalue weighted by atomic mass is 32.2. The first kappa shape index (κ1) is 22.0. The molecule has 0 aliphatic carbocycles. The predicted molar refractivity (Wildman–Crippen MR) is 117 cm³/mol. The Balaban J connectivity index is 1.47. The van der Waals surface area contributed by atoms with Gasteiger partial charge in [-0.2, -0.15) is 16.7 Å². The number of thioether (sulfide) groups is 1. The lowest BCUT2D eigenvalue weighted by molar-refractivity contribution is -0.0579. The van der Waals surface area contributed by atoms with Crippen molar-refractivity contribution in [2.45, 2.75) is 24.5 Å². The quantitative estimate of drug-likeness (QED) is 0.672. The largest absolute Gasteiger partial charge is 0.387 e. The van der Waals surface area contributed by atoms with Crippen molar-refractivity contribution in [3.05, 3.63) is 58.6 Å². The molecule has 0 saturated carbocycles. The van der Waals surface area contributed by atoms with Crippen molar-refractivity contribution in [2.75, 3.05) is 43.6 Å². The van der Waals surface area contributed by atoms with Crippen LogP contribution >= 0.6 is 11.8 Å².